The number of anilines is 1. The van der Waals surface area contributed by atoms with Crippen LogP contribution in [0.2, 0.25) is 0 Å². The summed E-state index contributed by atoms with van der Waals surface area (Å²) in [5, 5.41) is 3.41. The summed E-state index contributed by atoms with van der Waals surface area (Å²) >= 11 is 0. The Morgan fingerprint density at radius 1 is 1.44 bits per heavy atom. The van der Waals surface area contributed by atoms with Gasteiger partial charge in [-0.05, 0) is 12.5 Å². The number of rotatable bonds is 6. The van der Waals surface area contributed by atoms with Gasteiger partial charge in [0.15, 0.2) is 5.82 Å². The Balaban J connectivity index is 2.20. The summed E-state index contributed by atoms with van der Waals surface area (Å²) in [6.45, 7) is 2.80. The van der Waals surface area contributed by atoms with Crippen LogP contribution in [0.3, 0.4) is 0 Å². The number of nitrogens with zero attached hydrogens (tertiary/aromatic N) is 3. The zero-order valence-electron chi connectivity index (χ0n) is 11.1. The fourth-order valence-electron chi connectivity index (χ4n) is 2.06. The molecular weight excluding hydrogens is 226 g/mol. The Bertz CT molecular complexity index is 505. The number of aromatic nitrogens is 3. The molecule has 5 nitrogen and oxygen atoms in total. The van der Waals surface area contributed by atoms with E-state index >= 15 is 0 Å². The molecule has 0 saturated carbocycles. The number of hydrogen-bond acceptors (Lipinski definition) is 4. The summed E-state index contributed by atoms with van der Waals surface area (Å²) < 4.78 is 1.99. The van der Waals surface area contributed by atoms with Crippen molar-refractivity contribution in [2.45, 2.75) is 32.2 Å². The van der Waals surface area contributed by atoms with Gasteiger partial charge < -0.3 is 15.6 Å². The van der Waals surface area contributed by atoms with Crippen LogP contribution in [0.1, 0.15) is 26.2 Å². The van der Waals surface area contributed by atoms with Crippen LogP contribution in [-0.4, -0.2) is 27.1 Å². The molecule has 0 bridgehead atoms. The first-order valence-electron chi connectivity index (χ1n) is 6.49. The van der Waals surface area contributed by atoms with Gasteiger partial charge >= 0.3 is 0 Å². The predicted octanol–water partition coefficient (Wildman–Crippen LogP) is 1.90. The second-order valence-corrected chi connectivity index (χ2v) is 4.60. The first-order chi connectivity index (χ1) is 8.76. The van der Waals surface area contributed by atoms with Gasteiger partial charge in [0, 0.05) is 25.8 Å². The molecule has 5 heteroatoms. The van der Waals surface area contributed by atoms with E-state index in [1.165, 1.54) is 12.8 Å². The van der Waals surface area contributed by atoms with Gasteiger partial charge in [0.25, 0.3) is 0 Å². The van der Waals surface area contributed by atoms with Crippen molar-refractivity contribution in [2.75, 3.05) is 11.9 Å². The number of nitrogens with two attached hydrogens (primary N) is 1. The lowest BCUT2D eigenvalue weighted by atomic mass is 10.1. The van der Waals surface area contributed by atoms with Crippen LogP contribution in [0, 0.1) is 0 Å². The summed E-state index contributed by atoms with van der Waals surface area (Å²) in [7, 11) is 1.98. The van der Waals surface area contributed by atoms with Crippen molar-refractivity contribution >= 4 is 16.9 Å². The molecule has 0 saturated heterocycles. The number of nitrogens with one attached hydrogen (secondary N) is 1. The lowest BCUT2D eigenvalue weighted by Crippen LogP contribution is -2.29. The zero-order valence-corrected chi connectivity index (χ0v) is 11.1. The number of unbranched alkanes of at least 4 members (excludes halogenated alkanes) is 1. The third-order valence-corrected chi connectivity index (χ3v) is 3.17. The maximum Gasteiger partial charge on any atom is 0.154 e. The number of hydrogen-bond donors (Lipinski definition) is 2. The van der Waals surface area contributed by atoms with Gasteiger partial charge in [-0.2, -0.15) is 0 Å². The highest BCUT2D eigenvalue weighted by molar-refractivity contribution is 5.85. The average molecular weight is 247 g/mol. The lowest BCUT2D eigenvalue weighted by Gasteiger charge is -2.17. The second kappa shape index (κ2) is 5.82. The highest BCUT2D eigenvalue weighted by Gasteiger charge is 2.11. The monoisotopic (exact) mass is 247 g/mol. The molecule has 2 aromatic rings. The summed E-state index contributed by atoms with van der Waals surface area (Å²) in [5.74, 6) is 0.833. The largest absolute Gasteiger partial charge is 0.364 e. The molecule has 2 rings (SSSR count). The molecule has 0 spiro atoms. The van der Waals surface area contributed by atoms with Crippen molar-refractivity contribution < 1.29 is 0 Å². The van der Waals surface area contributed by atoms with Gasteiger partial charge in [-0.1, -0.05) is 19.8 Å². The van der Waals surface area contributed by atoms with E-state index in [4.69, 9.17) is 5.73 Å². The van der Waals surface area contributed by atoms with E-state index in [0.717, 1.165) is 23.3 Å². The molecule has 18 heavy (non-hydrogen) atoms. The molecule has 3 N–H and O–H groups in total. The Kier molecular flexibility index (Phi) is 4.15. The fourth-order valence-corrected chi connectivity index (χ4v) is 2.06. The topological polar surface area (TPSA) is 68.8 Å². The number of aryl methyl sites for hydroxylation is 1. The lowest BCUT2D eigenvalue weighted by molar-refractivity contribution is 0.613. The quantitative estimate of drug-likeness (QED) is 0.818. The van der Waals surface area contributed by atoms with E-state index in [1.807, 2.05) is 17.7 Å². The summed E-state index contributed by atoms with van der Waals surface area (Å²) in [4.78, 5) is 8.76. The Labute approximate surface area is 107 Å². The highest BCUT2D eigenvalue weighted by atomic mass is 15.1. The summed E-state index contributed by atoms with van der Waals surface area (Å²) in [6, 6.07) is 2.24. The zero-order chi connectivity index (χ0) is 13.0. The third kappa shape index (κ3) is 2.61. The van der Waals surface area contributed by atoms with Gasteiger partial charge in [0.1, 0.15) is 5.52 Å². The molecule has 1 unspecified atom stereocenters. The van der Waals surface area contributed by atoms with Crippen LogP contribution in [0.5, 0.6) is 0 Å². The van der Waals surface area contributed by atoms with Crippen molar-refractivity contribution in [3.05, 3.63) is 18.6 Å². The molecule has 0 aromatic carbocycles. The maximum atomic E-state index is 5.79. The SMILES string of the molecule is CCCCC(CN)Nc1nccc2c1ncn2C. The maximum absolute atomic E-state index is 5.79. The molecule has 98 valence electrons. The van der Waals surface area contributed by atoms with Crippen molar-refractivity contribution in [3.63, 3.8) is 0 Å². The van der Waals surface area contributed by atoms with Gasteiger partial charge in [-0.25, -0.2) is 9.97 Å². The van der Waals surface area contributed by atoms with Crippen molar-refractivity contribution in [3.8, 4) is 0 Å². The van der Waals surface area contributed by atoms with E-state index in [0.29, 0.717) is 6.54 Å². The minimum absolute atomic E-state index is 0.269. The van der Waals surface area contributed by atoms with Crippen LogP contribution in [-0.2, 0) is 7.05 Å². The highest BCUT2D eigenvalue weighted by Crippen LogP contribution is 2.19. The molecule has 2 heterocycles. The van der Waals surface area contributed by atoms with E-state index in [9.17, 15) is 0 Å². The van der Waals surface area contributed by atoms with E-state index in [-0.39, 0.29) is 6.04 Å². The van der Waals surface area contributed by atoms with Crippen molar-refractivity contribution in [1.82, 2.24) is 14.5 Å². The normalized spacial score (nSPS) is 12.8. The predicted molar refractivity (Wildman–Crippen MR) is 74.5 cm³/mol. The van der Waals surface area contributed by atoms with E-state index in [1.54, 1.807) is 12.5 Å². The van der Waals surface area contributed by atoms with Gasteiger partial charge in [0.2, 0.25) is 0 Å². The minimum Gasteiger partial charge on any atom is -0.364 e. The number of pyridine rings is 1. The molecule has 0 amide bonds. The number of fused-ring (bicyclic) bond motifs is 1. The Hall–Kier alpha value is -1.62. The fraction of sp³-hybridized carbons (Fsp3) is 0.538. The van der Waals surface area contributed by atoms with Gasteiger partial charge in [-0.15, -0.1) is 0 Å². The molecular formula is C13H21N5. The average Bonchev–Trinajstić information content (AvgIpc) is 2.77. The first-order valence-corrected chi connectivity index (χ1v) is 6.49. The molecule has 0 radical (unpaired) electrons. The van der Waals surface area contributed by atoms with Crippen LogP contribution in [0.15, 0.2) is 18.6 Å². The van der Waals surface area contributed by atoms with Gasteiger partial charge in [-0.3, -0.25) is 0 Å². The molecule has 0 aliphatic rings. The van der Waals surface area contributed by atoms with Crippen LogP contribution in [0.4, 0.5) is 5.82 Å². The smallest absolute Gasteiger partial charge is 0.154 e. The molecule has 0 aliphatic carbocycles. The Morgan fingerprint density at radius 2 is 2.28 bits per heavy atom. The molecule has 0 aliphatic heterocycles. The third-order valence-electron chi connectivity index (χ3n) is 3.17. The van der Waals surface area contributed by atoms with Crippen molar-refractivity contribution in [1.29, 1.82) is 0 Å². The minimum atomic E-state index is 0.269. The molecule has 1 atom stereocenters. The molecule has 2 aromatic heterocycles. The standard InChI is InChI=1S/C13H21N5/c1-3-4-5-10(8-14)17-13-12-11(6-7-15-13)18(2)9-16-12/h6-7,9-10H,3-5,8,14H2,1-2H3,(H,15,17). The van der Waals surface area contributed by atoms with E-state index < -0.39 is 0 Å². The number of imidazole rings is 1. The summed E-state index contributed by atoms with van der Waals surface area (Å²) in [6.07, 6.45) is 7.03. The Morgan fingerprint density at radius 3 is 3.00 bits per heavy atom. The second-order valence-electron chi connectivity index (χ2n) is 4.60. The van der Waals surface area contributed by atoms with Crippen LogP contribution in [0.25, 0.3) is 11.0 Å². The van der Waals surface area contributed by atoms with Gasteiger partial charge in [0.05, 0.1) is 11.8 Å². The van der Waals surface area contributed by atoms with Crippen LogP contribution >= 0.6 is 0 Å². The van der Waals surface area contributed by atoms with Crippen LogP contribution < -0.4 is 11.1 Å². The van der Waals surface area contributed by atoms with E-state index in [2.05, 4.69) is 22.2 Å². The first kappa shape index (κ1) is 12.8. The van der Waals surface area contributed by atoms with Crippen molar-refractivity contribution in [2.24, 2.45) is 12.8 Å². The molecule has 0 fully saturated rings. The summed E-state index contributed by atoms with van der Waals surface area (Å²) in [5.41, 5.74) is 7.79.